The molecule has 0 amide bonds. The molecule has 0 spiro atoms. The summed E-state index contributed by atoms with van der Waals surface area (Å²) in [5.74, 6) is 2.97. The Morgan fingerprint density at radius 2 is 1.80 bits per heavy atom. The summed E-state index contributed by atoms with van der Waals surface area (Å²) in [5, 5.41) is 9.24. The number of hydrogen-bond donors (Lipinski definition) is 1. The van der Waals surface area contributed by atoms with Crippen LogP contribution in [0, 0.1) is 23.2 Å². The van der Waals surface area contributed by atoms with Gasteiger partial charge in [-0.1, -0.05) is 0 Å². The van der Waals surface area contributed by atoms with Crippen molar-refractivity contribution in [2.75, 3.05) is 6.61 Å². The Kier molecular flexibility index (Phi) is 0.797. The molecule has 10 heavy (non-hydrogen) atoms. The fourth-order valence-electron chi connectivity index (χ4n) is 3.93. The van der Waals surface area contributed by atoms with Crippen molar-refractivity contribution in [2.45, 2.75) is 25.7 Å². The quantitative estimate of drug-likeness (QED) is 0.581. The summed E-state index contributed by atoms with van der Waals surface area (Å²) >= 11 is 0. The lowest BCUT2D eigenvalue weighted by molar-refractivity contribution is 0.109. The second-order valence-corrected chi connectivity index (χ2v) is 4.62. The predicted octanol–water partition coefficient (Wildman–Crippen LogP) is 1.41. The van der Waals surface area contributed by atoms with Crippen LogP contribution in [0.15, 0.2) is 0 Å². The van der Waals surface area contributed by atoms with Crippen LogP contribution in [0.4, 0.5) is 0 Å². The molecule has 4 aliphatic rings. The van der Waals surface area contributed by atoms with Crippen LogP contribution in [0.3, 0.4) is 0 Å². The summed E-state index contributed by atoms with van der Waals surface area (Å²) in [4.78, 5) is 0. The van der Waals surface area contributed by atoms with Gasteiger partial charge in [-0.05, 0) is 48.9 Å². The molecule has 0 aliphatic heterocycles. The van der Waals surface area contributed by atoms with E-state index in [1.54, 1.807) is 0 Å². The van der Waals surface area contributed by atoms with E-state index in [9.17, 15) is 5.11 Å². The van der Waals surface area contributed by atoms with Gasteiger partial charge in [-0.25, -0.2) is 0 Å². The largest absolute Gasteiger partial charge is 0.396 e. The van der Waals surface area contributed by atoms with Gasteiger partial charge in [0.2, 0.25) is 0 Å². The van der Waals surface area contributed by atoms with Crippen LogP contribution < -0.4 is 0 Å². The van der Waals surface area contributed by atoms with E-state index in [2.05, 4.69) is 0 Å². The monoisotopic (exact) mass is 138 g/mol. The van der Waals surface area contributed by atoms with E-state index in [1.165, 1.54) is 25.7 Å². The zero-order chi connectivity index (χ0) is 6.77. The van der Waals surface area contributed by atoms with Crippen molar-refractivity contribution in [3.05, 3.63) is 0 Å². The van der Waals surface area contributed by atoms with Gasteiger partial charge >= 0.3 is 0 Å². The van der Waals surface area contributed by atoms with E-state index in [-0.39, 0.29) is 0 Å². The van der Waals surface area contributed by atoms with E-state index in [1.807, 2.05) is 0 Å². The minimum atomic E-state index is 0.440. The van der Waals surface area contributed by atoms with Crippen LogP contribution in [0.5, 0.6) is 0 Å². The smallest absolute Gasteiger partial charge is 0.0490 e. The molecule has 4 saturated carbocycles. The van der Waals surface area contributed by atoms with E-state index < -0.39 is 0 Å². The molecular weight excluding hydrogens is 124 g/mol. The van der Waals surface area contributed by atoms with Crippen molar-refractivity contribution < 1.29 is 5.11 Å². The molecule has 0 radical (unpaired) electrons. The average molecular weight is 138 g/mol. The lowest BCUT2D eigenvalue weighted by Crippen LogP contribution is -2.23. The van der Waals surface area contributed by atoms with Crippen LogP contribution in [0.1, 0.15) is 25.7 Å². The Hall–Kier alpha value is -0.0400. The van der Waals surface area contributed by atoms with Crippen LogP contribution in [-0.2, 0) is 0 Å². The first-order valence-electron chi connectivity index (χ1n) is 4.45. The van der Waals surface area contributed by atoms with Crippen molar-refractivity contribution in [1.29, 1.82) is 0 Å². The van der Waals surface area contributed by atoms with E-state index in [0.717, 1.165) is 17.8 Å². The first-order valence-corrected chi connectivity index (χ1v) is 4.45. The second-order valence-electron chi connectivity index (χ2n) is 4.62. The molecule has 0 saturated heterocycles. The number of aliphatic hydroxyl groups excluding tert-OH is 1. The van der Waals surface area contributed by atoms with E-state index in [4.69, 9.17) is 0 Å². The van der Waals surface area contributed by atoms with E-state index in [0.29, 0.717) is 12.0 Å². The van der Waals surface area contributed by atoms with Gasteiger partial charge in [0.15, 0.2) is 0 Å². The Morgan fingerprint density at radius 1 is 1.20 bits per heavy atom. The molecule has 0 aromatic rings. The lowest BCUT2D eigenvalue weighted by atomic mass is 9.82. The molecule has 0 aromatic carbocycles. The molecule has 4 aliphatic carbocycles. The molecule has 0 heterocycles. The fourth-order valence-corrected chi connectivity index (χ4v) is 3.93. The maximum Gasteiger partial charge on any atom is 0.0490 e. The number of rotatable bonds is 1. The molecule has 2 atom stereocenters. The van der Waals surface area contributed by atoms with Gasteiger partial charge < -0.3 is 5.11 Å². The molecule has 56 valence electrons. The van der Waals surface area contributed by atoms with Crippen molar-refractivity contribution >= 4 is 0 Å². The van der Waals surface area contributed by atoms with Gasteiger partial charge in [-0.15, -0.1) is 0 Å². The Balaban J connectivity index is 2.04. The highest BCUT2D eigenvalue weighted by atomic mass is 16.3. The third kappa shape index (κ3) is 0.402. The number of hydrogen-bond acceptors (Lipinski definition) is 1. The molecule has 4 rings (SSSR count). The number of aliphatic hydroxyl groups is 1. The fraction of sp³-hybridized carbons (Fsp3) is 1.00. The lowest BCUT2D eigenvalue weighted by Gasteiger charge is -2.25. The molecule has 4 bridgehead atoms. The van der Waals surface area contributed by atoms with Gasteiger partial charge in [0, 0.05) is 6.61 Å². The molecule has 1 nitrogen and oxygen atoms in total. The SMILES string of the molecule is OCC12CC3CC1CC3C2. The van der Waals surface area contributed by atoms with Gasteiger partial charge in [-0.2, -0.15) is 0 Å². The Bertz CT molecular complexity index is 162. The van der Waals surface area contributed by atoms with Gasteiger partial charge in [0.05, 0.1) is 0 Å². The average Bonchev–Trinajstić information content (AvgIpc) is 2.53. The van der Waals surface area contributed by atoms with E-state index >= 15 is 0 Å². The third-order valence-electron chi connectivity index (χ3n) is 4.36. The maximum atomic E-state index is 9.24. The highest BCUT2D eigenvalue weighted by molar-refractivity contribution is 5.11. The second kappa shape index (κ2) is 1.42. The molecule has 1 N–H and O–H groups in total. The highest BCUT2D eigenvalue weighted by Crippen LogP contribution is 2.69. The van der Waals surface area contributed by atoms with Crippen molar-refractivity contribution in [2.24, 2.45) is 23.2 Å². The Morgan fingerprint density at radius 3 is 2.00 bits per heavy atom. The maximum absolute atomic E-state index is 9.24. The summed E-state index contributed by atoms with van der Waals surface area (Å²) in [6.45, 7) is 0.477. The minimum Gasteiger partial charge on any atom is -0.396 e. The summed E-state index contributed by atoms with van der Waals surface area (Å²) in [7, 11) is 0. The summed E-state index contributed by atoms with van der Waals surface area (Å²) in [5.41, 5.74) is 0.440. The highest BCUT2D eigenvalue weighted by Gasteiger charge is 2.62. The third-order valence-corrected chi connectivity index (χ3v) is 4.36. The molecule has 1 heteroatoms. The predicted molar refractivity (Wildman–Crippen MR) is 38.5 cm³/mol. The summed E-state index contributed by atoms with van der Waals surface area (Å²) in [6, 6.07) is 0. The normalized spacial score (nSPS) is 62.7. The van der Waals surface area contributed by atoms with Crippen molar-refractivity contribution in [3.63, 3.8) is 0 Å². The zero-order valence-corrected chi connectivity index (χ0v) is 6.21. The molecule has 2 unspecified atom stereocenters. The summed E-state index contributed by atoms with van der Waals surface area (Å²) < 4.78 is 0. The van der Waals surface area contributed by atoms with Crippen LogP contribution in [-0.4, -0.2) is 11.7 Å². The zero-order valence-electron chi connectivity index (χ0n) is 6.21. The molecular formula is C9H14O. The standard InChI is InChI=1S/C9H14O/c10-5-9-3-6-1-8(9)2-7(6)4-9/h6-8,10H,1-5H2. The van der Waals surface area contributed by atoms with Crippen molar-refractivity contribution in [1.82, 2.24) is 0 Å². The van der Waals surface area contributed by atoms with Gasteiger partial charge in [-0.3, -0.25) is 0 Å². The van der Waals surface area contributed by atoms with Crippen molar-refractivity contribution in [3.8, 4) is 0 Å². The minimum absolute atomic E-state index is 0.440. The van der Waals surface area contributed by atoms with Crippen LogP contribution in [0.25, 0.3) is 0 Å². The van der Waals surface area contributed by atoms with Crippen LogP contribution in [0.2, 0.25) is 0 Å². The first kappa shape index (κ1) is 5.59. The molecule has 4 fully saturated rings. The van der Waals surface area contributed by atoms with Gasteiger partial charge in [0.1, 0.15) is 0 Å². The molecule has 0 aromatic heterocycles. The topological polar surface area (TPSA) is 20.2 Å². The van der Waals surface area contributed by atoms with Gasteiger partial charge in [0.25, 0.3) is 0 Å². The summed E-state index contributed by atoms with van der Waals surface area (Å²) in [6.07, 6.45) is 5.62. The Labute approximate surface area is 61.4 Å². The van der Waals surface area contributed by atoms with Crippen LogP contribution >= 0.6 is 0 Å². The first-order chi connectivity index (χ1) is 4.84.